The van der Waals surface area contributed by atoms with Crippen molar-refractivity contribution < 1.29 is 4.74 Å². The quantitative estimate of drug-likeness (QED) is 0.890. The predicted octanol–water partition coefficient (Wildman–Crippen LogP) is 2.37. The van der Waals surface area contributed by atoms with Gasteiger partial charge in [-0.3, -0.25) is 0 Å². The molecule has 0 aromatic heterocycles. The van der Waals surface area contributed by atoms with Gasteiger partial charge in [-0.05, 0) is 24.6 Å². The van der Waals surface area contributed by atoms with Gasteiger partial charge in [0, 0.05) is 24.0 Å². The smallest absolute Gasteiger partial charge is 0.0819 e. The molecule has 0 aliphatic carbocycles. The summed E-state index contributed by atoms with van der Waals surface area (Å²) in [6.07, 6.45) is 0.966. The summed E-state index contributed by atoms with van der Waals surface area (Å²) in [7, 11) is 0. The Morgan fingerprint density at radius 2 is 2.13 bits per heavy atom. The van der Waals surface area contributed by atoms with Gasteiger partial charge in [0.2, 0.25) is 0 Å². The van der Waals surface area contributed by atoms with Gasteiger partial charge in [-0.1, -0.05) is 28.1 Å². The molecule has 1 aliphatic heterocycles. The largest absolute Gasteiger partial charge is 0.372 e. The van der Waals surface area contributed by atoms with Gasteiger partial charge in [-0.15, -0.1) is 0 Å². The van der Waals surface area contributed by atoms with Crippen LogP contribution in [0.5, 0.6) is 0 Å². The molecular weight excluding hydrogens is 254 g/mol. The first-order chi connectivity index (χ1) is 7.18. The molecule has 1 atom stereocenters. The summed E-state index contributed by atoms with van der Waals surface area (Å²) in [5, 5.41) is 3.37. The predicted molar refractivity (Wildman–Crippen MR) is 65.1 cm³/mol. The van der Waals surface area contributed by atoms with Gasteiger partial charge in [0.15, 0.2) is 0 Å². The average Bonchev–Trinajstić information content (AvgIpc) is 2.22. The first-order valence-electron chi connectivity index (χ1n) is 5.27. The topological polar surface area (TPSA) is 21.3 Å². The summed E-state index contributed by atoms with van der Waals surface area (Å²) in [5.41, 5.74) is 1.27. The number of benzene rings is 1. The van der Waals surface area contributed by atoms with E-state index in [1.807, 2.05) is 0 Å². The molecular formula is C12H16BrNO. The minimum absolute atomic E-state index is 0.0495. The molecule has 0 bridgehead atoms. The SMILES string of the molecule is CC1(Cc2ccc(Br)cc2)CNCCO1. The maximum Gasteiger partial charge on any atom is 0.0819 e. The summed E-state index contributed by atoms with van der Waals surface area (Å²) >= 11 is 3.44. The minimum atomic E-state index is -0.0495. The maximum atomic E-state index is 5.83. The van der Waals surface area contributed by atoms with E-state index in [1.54, 1.807) is 0 Å². The monoisotopic (exact) mass is 269 g/mol. The van der Waals surface area contributed by atoms with Crippen molar-refractivity contribution in [3.05, 3.63) is 34.3 Å². The third-order valence-corrected chi connectivity index (χ3v) is 3.25. The van der Waals surface area contributed by atoms with Crippen molar-refractivity contribution in [2.24, 2.45) is 0 Å². The average molecular weight is 270 g/mol. The van der Waals surface area contributed by atoms with Crippen molar-refractivity contribution in [3.8, 4) is 0 Å². The molecule has 1 heterocycles. The van der Waals surface area contributed by atoms with E-state index >= 15 is 0 Å². The molecule has 0 amide bonds. The van der Waals surface area contributed by atoms with Crippen LogP contribution < -0.4 is 5.32 Å². The van der Waals surface area contributed by atoms with Gasteiger partial charge in [0.1, 0.15) is 0 Å². The van der Waals surface area contributed by atoms with Crippen molar-refractivity contribution in [3.63, 3.8) is 0 Å². The summed E-state index contributed by atoms with van der Waals surface area (Å²) < 4.78 is 6.95. The van der Waals surface area contributed by atoms with Crippen LogP contribution >= 0.6 is 15.9 Å². The lowest BCUT2D eigenvalue weighted by Gasteiger charge is -2.34. The van der Waals surface area contributed by atoms with Gasteiger partial charge in [0.05, 0.1) is 12.2 Å². The van der Waals surface area contributed by atoms with E-state index in [9.17, 15) is 0 Å². The Kier molecular flexibility index (Phi) is 3.44. The van der Waals surface area contributed by atoms with Crippen molar-refractivity contribution >= 4 is 15.9 Å². The number of nitrogens with one attached hydrogen (secondary N) is 1. The zero-order valence-corrected chi connectivity index (χ0v) is 10.5. The Bertz CT molecular complexity index is 317. The number of hydrogen-bond donors (Lipinski definition) is 1. The normalized spacial score (nSPS) is 26.5. The highest BCUT2D eigenvalue weighted by Crippen LogP contribution is 2.20. The highest BCUT2D eigenvalue weighted by atomic mass is 79.9. The summed E-state index contributed by atoms with van der Waals surface area (Å²) in [6.45, 7) is 4.88. The molecule has 1 N–H and O–H groups in total. The molecule has 1 unspecified atom stereocenters. The second kappa shape index (κ2) is 4.64. The second-order valence-electron chi connectivity index (χ2n) is 4.28. The Hall–Kier alpha value is -0.380. The van der Waals surface area contributed by atoms with Crippen LogP contribution in [0.3, 0.4) is 0 Å². The third-order valence-electron chi connectivity index (χ3n) is 2.72. The third kappa shape index (κ3) is 3.03. The molecule has 0 radical (unpaired) electrons. The van der Waals surface area contributed by atoms with Gasteiger partial charge in [0.25, 0.3) is 0 Å². The molecule has 2 nitrogen and oxygen atoms in total. The number of morpholine rings is 1. The lowest BCUT2D eigenvalue weighted by Crippen LogP contribution is -2.48. The lowest BCUT2D eigenvalue weighted by atomic mass is 9.95. The van der Waals surface area contributed by atoms with Crippen molar-refractivity contribution in [1.29, 1.82) is 0 Å². The Labute approximate surface area is 99.1 Å². The van der Waals surface area contributed by atoms with E-state index in [0.29, 0.717) is 0 Å². The van der Waals surface area contributed by atoms with E-state index < -0.39 is 0 Å². The van der Waals surface area contributed by atoms with E-state index in [2.05, 4.69) is 52.4 Å². The highest BCUT2D eigenvalue weighted by Gasteiger charge is 2.27. The lowest BCUT2D eigenvalue weighted by molar-refractivity contribution is -0.0516. The molecule has 1 aliphatic rings. The molecule has 82 valence electrons. The Morgan fingerprint density at radius 1 is 1.40 bits per heavy atom. The summed E-state index contributed by atoms with van der Waals surface area (Å²) in [6, 6.07) is 8.45. The fourth-order valence-electron chi connectivity index (χ4n) is 1.92. The van der Waals surface area contributed by atoms with E-state index in [1.165, 1.54) is 5.56 Å². The molecule has 1 fully saturated rings. The standard InChI is InChI=1S/C12H16BrNO/c1-12(9-14-6-7-15-12)8-10-2-4-11(13)5-3-10/h2-5,14H,6-9H2,1H3. The molecule has 1 aromatic carbocycles. The van der Waals surface area contributed by atoms with Crippen LogP contribution in [0, 0.1) is 0 Å². The number of rotatable bonds is 2. The van der Waals surface area contributed by atoms with Crippen molar-refractivity contribution in [2.45, 2.75) is 18.9 Å². The number of halogens is 1. The van der Waals surface area contributed by atoms with Crippen molar-refractivity contribution in [1.82, 2.24) is 5.32 Å². The second-order valence-corrected chi connectivity index (χ2v) is 5.19. The Morgan fingerprint density at radius 3 is 2.73 bits per heavy atom. The molecule has 2 rings (SSSR count). The zero-order valence-electron chi connectivity index (χ0n) is 8.92. The van der Waals surface area contributed by atoms with Crippen LogP contribution in [0.2, 0.25) is 0 Å². The van der Waals surface area contributed by atoms with E-state index in [4.69, 9.17) is 4.74 Å². The molecule has 1 aromatic rings. The van der Waals surface area contributed by atoms with Crippen molar-refractivity contribution in [2.75, 3.05) is 19.7 Å². The van der Waals surface area contributed by atoms with Crippen LogP contribution in [0.4, 0.5) is 0 Å². The first kappa shape index (κ1) is 11.1. The van der Waals surface area contributed by atoms with E-state index in [-0.39, 0.29) is 5.60 Å². The summed E-state index contributed by atoms with van der Waals surface area (Å²) in [5.74, 6) is 0. The Balaban J connectivity index is 2.03. The maximum absolute atomic E-state index is 5.83. The van der Waals surface area contributed by atoms with Gasteiger partial charge >= 0.3 is 0 Å². The first-order valence-corrected chi connectivity index (χ1v) is 6.06. The molecule has 0 saturated carbocycles. The van der Waals surface area contributed by atoms with Crippen LogP contribution in [-0.4, -0.2) is 25.3 Å². The molecule has 1 saturated heterocycles. The van der Waals surface area contributed by atoms with Crippen LogP contribution in [-0.2, 0) is 11.2 Å². The minimum Gasteiger partial charge on any atom is -0.372 e. The summed E-state index contributed by atoms with van der Waals surface area (Å²) in [4.78, 5) is 0. The number of hydrogen-bond acceptors (Lipinski definition) is 2. The van der Waals surface area contributed by atoms with Crippen LogP contribution in [0.15, 0.2) is 28.7 Å². The highest BCUT2D eigenvalue weighted by molar-refractivity contribution is 9.10. The van der Waals surface area contributed by atoms with Gasteiger partial charge in [-0.2, -0.15) is 0 Å². The van der Waals surface area contributed by atoms with Gasteiger partial charge < -0.3 is 10.1 Å². The van der Waals surface area contributed by atoms with Crippen LogP contribution in [0.1, 0.15) is 12.5 Å². The zero-order chi connectivity index (χ0) is 10.7. The fourth-order valence-corrected chi connectivity index (χ4v) is 2.19. The molecule has 3 heteroatoms. The van der Waals surface area contributed by atoms with E-state index in [0.717, 1.165) is 30.6 Å². The number of ether oxygens (including phenoxy) is 1. The fraction of sp³-hybridized carbons (Fsp3) is 0.500. The van der Waals surface area contributed by atoms with Crippen LogP contribution in [0.25, 0.3) is 0 Å². The van der Waals surface area contributed by atoms with Gasteiger partial charge in [-0.25, -0.2) is 0 Å². The molecule has 0 spiro atoms. The molecule has 15 heavy (non-hydrogen) atoms.